The van der Waals surface area contributed by atoms with Gasteiger partial charge in [-0.3, -0.25) is 4.79 Å². The Balaban J connectivity index is 1.49. The van der Waals surface area contributed by atoms with Gasteiger partial charge in [0.1, 0.15) is 12.4 Å². The number of carbonyl (C=O) groups is 2. The molecule has 0 amide bonds. The lowest BCUT2D eigenvalue weighted by Crippen LogP contribution is -2.15. The number of aromatic carboxylic acids is 1. The van der Waals surface area contributed by atoms with Crippen LogP contribution in [0.3, 0.4) is 0 Å². The molecule has 36 heavy (non-hydrogen) atoms. The van der Waals surface area contributed by atoms with Crippen LogP contribution in [-0.2, 0) is 31.8 Å². The Morgan fingerprint density at radius 2 is 1.47 bits per heavy atom. The van der Waals surface area contributed by atoms with E-state index in [1.165, 1.54) is 18.2 Å². The second kappa shape index (κ2) is 9.33. The number of carboxylic acid groups (broad SMARTS) is 1. The van der Waals surface area contributed by atoms with Crippen molar-refractivity contribution in [2.24, 2.45) is 5.92 Å². The number of carboxylic acids is 1. The molecule has 0 aliphatic heterocycles. The third-order valence-corrected chi connectivity index (χ3v) is 5.92. The summed E-state index contributed by atoms with van der Waals surface area (Å²) in [4.78, 5) is 23.7. The van der Waals surface area contributed by atoms with E-state index in [1.807, 2.05) is 0 Å². The zero-order valence-corrected chi connectivity index (χ0v) is 18.4. The number of Topliss-reactive ketones (excluding diaryl/α,β-unsaturated/α-hetero) is 1. The van der Waals surface area contributed by atoms with E-state index in [4.69, 9.17) is 9.84 Å². The van der Waals surface area contributed by atoms with Gasteiger partial charge in [0, 0.05) is 11.5 Å². The van der Waals surface area contributed by atoms with Crippen LogP contribution in [0.15, 0.2) is 60.7 Å². The van der Waals surface area contributed by atoms with E-state index >= 15 is 0 Å². The quantitative estimate of drug-likeness (QED) is 0.381. The maximum absolute atomic E-state index is 13.2. The Bertz CT molecular complexity index is 1280. The molecule has 3 aromatic carbocycles. The SMILES string of the molecule is O=C(O)c1ccc(COc2ccc3c(c2)CC(Cc2cc(C(F)(F)F)cc(C(F)(F)F)c2)C3=O)cc1. The van der Waals surface area contributed by atoms with Crippen molar-refractivity contribution in [2.75, 3.05) is 0 Å². The van der Waals surface area contributed by atoms with Crippen LogP contribution in [0.25, 0.3) is 0 Å². The molecule has 1 aliphatic carbocycles. The monoisotopic (exact) mass is 508 g/mol. The molecule has 1 aliphatic rings. The van der Waals surface area contributed by atoms with Crippen molar-refractivity contribution in [1.29, 1.82) is 0 Å². The summed E-state index contributed by atoms with van der Waals surface area (Å²) >= 11 is 0. The standard InChI is InChI=1S/C26H18F6O4/c27-25(28,29)19-8-15(9-20(12-19)26(30,31)32)7-18-10-17-11-21(5-6-22(17)23(18)33)36-13-14-1-3-16(4-2-14)24(34)35/h1-6,8-9,11-12,18H,7,10,13H2,(H,34,35). The van der Waals surface area contributed by atoms with E-state index in [9.17, 15) is 35.9 Å². The normalized spacial score (nSPS) is 15.6. The van der Waals surface area contributed by atoms with Gasteiger partial charge in [-0.1, -0.05) is 12.1 Å². The van der Waals surface area contributed by atoms with Gasteiger partial charge in [0.25, 0.3) is 0 Å². The summed E-state index contributed by atoms with van der Waals surface area (Å²) in [5.74, 6) is -1.79. The van der Waals surface area contributed by atoms with Crippen LogP contribution < -0.4 is 4.74 Å². The number of carbonyl (C=O) groups excluding carboxylic acids is 1. The first-order chi connectivity index (χ1) is 16.8. The summed E-state index contributed by atoms with van der Waals surface area (Å²) in [5, 5.41) is 8.95. The van der Waals surface area contributed by atoms with Crippen molar-refractivity contribution < 1.29 is 45.8 Å². The summed E-state index contributed by atoms with van der Waals surface area (Å²) < 4.78 is 84.7. The van der Waals surface area contributed by atoms with E-state index in [1.54, 1.807) is 24.3 Å². The first kappa shape index (κ1) is 25.3. The van der Waals surface area contributed by atoms with Crippen molar-refractivity contribution in [3.63, 3.8) is 0 Å². The Kier molecular flexibility index (Phi) is 6.55. The average Bonchev–Trinajstić information content (AvgIpc) is 3.11. The molecule has 0 saturated carbocycles. The molecule has 0 saturated heterocycles. The minimum atomic E-state index is -4.96. The average molecular weight is 508 g/mol. The molecule has 1 unspecified atom stereocenters. The highest BCUT2D eigenvalue weighted by molar-refractivity contribution is 6.02. The molecule has 188 valence electrons. The van der Waals surface area contributed by atoms with Crippen molar-refractivity contribution in [1.82, 2.24) is 0 Å². The van der Waals surface area contributed by atoms with Crippen LogP contribution in [0.1, 0.15) is 48.5 Å². The highest BCUT2D eigenvalue weighted by Crippen LogP contribution is 2.38. The van der Waals surface area contributed by atoms with Gasteiger partial charge in [0.15, 0.2) is 5.78 Å². The van der Waals surface area contributed by atoms with E-state index < -0.39 is 35.4 Å². The van der Waals surface area contributed by atoms with E-state index in [-0.39, 0.29) is 42.4 Å². The first-order valence-corrected chi connectivity index (χ1v) is 10.7. The van der Waals surface area contributed by atoms with Crippen molar-refractivity contribution in [3.05, 3.63) is 99.6 Å². The highest BCUT2D eigenvalue weighted by atomic mass is 19.4. The molecule has 0 aromatic heterocycles. The fraction of sp³-hybridized carbons (Fsp3) is 0.231. The smallest absolute Gasteiger partial charge is 0.416 e. The third kappa shape index (κ3) is 5.53. The van der Waals surface area contributed by atoms with Gasteiger partial charge in [-0.15, -0.1) is 0 Å². The topological polar surface area (TPSA) is 63.6 Å². The summed E-state index contributed by atoms with van der Waals surface area (Å²) in [7, 11) is 0. The van der Waals surface area contributed by atoms with Crippen LogP contribution in [0.2, 0.25) is 0 Å². The predicted molar refractivity (Wildman–Crippen MR) is 116 cm³/mol. The van der Waals surface area contributed by atoms with Crippen LogP contribution in [0.5, 0.6) is 5.75 Å². The zero-order valence-electron chi connectivity index (χ0n) is 18.4. The van der Waals surface area contributed by atoms with Crippen molar-refractivity contribution in [2.45, 2.75) is 31.8 Å². The van der Waals surface area contributed by atoms with Gasteiger partial charge < -0.3 is 9.84 Å². The number of ketones is 1. The number of hydrogen-bond acceptors (Lipinski definition) is 3. The lowest BCUT2D eigenvalue weighted by molar-refractivity contribution is -0.143. The predicted octanol–water partition coefficient (Wildman–Crippen LogP) is 6.60. The fourth-order valence-electron chi connectivity index (χ4n) is 4.14. The van der Waals surface area contributed by atoms with Gasteiger partial charge in [0.05, 0.1) is 16.7 Å². The summed E-state index contributed by atoms with van der Waals surface area (Å²) in [6.45, 7) is 0.126. The number of ether oxygens (including phenoxy) is 1. The first-order valence-electron chi connectivity index (χ1n) is 10.7. The molecule has 0 bridgehead atoms. The molecule has 1 N–H and O–H groups in total. The number of halogens is 6. The summed E-state index contributed by atoms with van der Waals surface area (Å²) in [6, 6.07) is 12.1. The Morgan fingerprint density at radius 1 is 0.861 bits per heavy atom. The third-order valence-electron chi connectivity index (χ3n) is 5.92. The number of alkyl halides is 6. The lowest BCUT2D eigenvalue weighted by Gasteiger charge is -2.15. The molecular formula is C26H18F6O4. The Labute approximate surface area is 201 Å². The highest BCUT2D eigenvalue weighted by Gasteiger charge is 2.38. The second-order valence-electron chi connectivity index (χ2n) is 8.49. The Hall–Kier alpha value is -3.82. The van der Waals surface area contributed by atoms with Crippen LogP contribution >= 0.6 is 0 Å². The number of hydrogen-bond donors (Lipinski definition) is 1. The van der Waals surface area contributed by atoms with Crippen LogP contribution in [0.4, 0.5) is 26.3 Å². The second-order valence-corrected chi connectivity index (χ2v) is 8.49. The fourth-order valence-corrected chi connectivity index (χ4v) is 4.14. The molecule has 0 fully saturated rings. The molecule has 3 aromatic rings. The van der Waals surface area contributed by atoms with Crippen molar-refractivity contribution >= 4 is 11.8 Å². The molecule has 0 radical (unpaired) electrons. The maximum atomic E-state index is 13.2. The zero-order chi connectivity index (χ0) is 26.3. The molecule has 4 nitrogen and oxygen atoms in total. The Morgan fingerprint density at radius 3 is 2.03 bits per heavy atom. The van der Waals surface area contributed by atoms with Gasteiger partial charge >= 0.3 is 18.3 Å². The molecule has 4 rings (SSSR count). The maximum Gasteiger partial charge on any atom is 0.416 e. The molecule has 10 heteroatoms. The van der Waals surface area contributed by atoms with Gasteiger partial charge in [0.2, 0.25) is 0 Å². The molecule has 0 heterocycles. The van der Waals surface area contributed by atoms with E-state index in [2.05, 4.69) is 0 Å². The molecule has 1 atom stereocenters. The molecular weight excluding hydrogens is 490 g/mol. The van der Waals surface area contributed by atoms with Crippen LogP contribution in [-0.4, -0.2) is 16.9 Å². The number of rotatable bonds is 6. The largest absolute Gasteiger partial charge is 0.489 e. The van der Waals surface area contributed by atoms with Crippen LogP contribution in [0, 0.1) is 5.92 Å². The van der Waals surface area contributed by atoms with Crippen molar-refractivity contribution in [3.8, 4) is 5.75 Å². The van der Waals surface area contributed by atoms with Gasteiger partial charge in [-0.2, -0.15) is 26.3 Å². The minimum Gasteiger partial charge on any atom is -0.489 e. The van der Waals surface area contributed by atoms with E-state index in [0.717, 1.165) is 0 Å². The van der Waals surface area contributed by atoms with Gasteiger partial charge in [-0.25, -0.2) is 4.79 Å². The summed E-state index contributed by atoms with van der Waals surface area (Å²) in [6.07, 6.45) is -10.0. The van der Waals surface area contributed by atoms with Gasteiger partial charge in [-0.05, 0) is 78.1 Å². The molecule has 0 spiro atoms. The number of benzene rings is 3. The minimum absolute atomic E-state index is 0.0630. The lowest BCUT2D eigenvalue weighted by atomic mass is 9.93. The number of fused-ring (bicyclic) bond motifs is 1. The summed E-state index contributed by atoms with van der Waals surface area (Å²) in [5.41, 5.74) is -1.27. The van der Waals surface area contributed by atoms with E-state index in [0.29, 0.717) is 34.6 Å².